The maximum atomic E-state index is 4.65. The summed E-state index contributed by atoms with van der Waals surface area (Å²) in [4.78, 5) is 10.2. The lowest BCUT2D eigenvalue weighted by molar-refractivity contribution is 0.768. The molecule has 8 heteroatoms. The molecule has 0 saturated heterocycles. The minimum atomic E-state index is 0.692. The summed E-state index contributed by atoms with van der Waals surface area (Å²) in [5.41, 5.74) is 1.81. The van der Waals surface area contributed by atoms with Crippen molar-refractivity contribution < 1.29 is 0 Å². The standard InChI is InChI=1S/C13H11Br2N5S/c1-16-11-4-9(7-5-17-20(2)6-7)18-13(19-11)10-3-8(14)12(15)21-10/h3-6H,1-2H3,(H,16,18,19). The topological polar surface area (TPSA) is 55.6 Å². The highest BCUT2D eigenvalue weighted by Crippen LogP contribution is 2.37. The van der Waals surface area contributed by atoms with E-state index < -0.39 is 0 Å². The zero-order valence-electron chi connectivity index (χ0n) is 11.3. The average Bonchev–Trinajstić information content (AvgIpc) is 3.05. The van der Waals surface area contributed by atoms with Crippen LogP contribution in [0.2, 0.25) is 0 Å². The number of anilines is 1. The molecule has 3 aromatic rings. The van der Waals surface area contributed by atoms with Crippen LogP contribution >= 0.6 is 43.2 Å². The van der Waals surface area contributed by atoms with Gasteiger partial charge in [-0.3, -0.25) is 4.68 Å². The van der Waals surface area contributed by atoms with Gasteiger partial charge in [0.2, 0.25) is 0 Å². The Morgan fingerprint density at radius 3 is 2.62 bits per heavy atom. The van der Waals surface area contributed by atoms with Crippen molar-refractivity contribution in [1.29, 1.82) is 0 Å². The second-order valence-corrected chi connectivity index (χ2v) is 7.57. The molecular weight excluding hydrogens is 418 g/mol. The Hall–Kier alpha value is -1.25. The van der Waals surface area contributed by atoms with Crippen molar-refractivity contribution >= 4 is 49.0 Å². The van der Waals surface area contributed by atoms with Gasteiger partial charge < -0.3 is 5.32 Å². The fourth-order valence-corrected chi connectivity index (χ4v) is 3.81. The molecule has 0 fully saturated rings. The highest BCUT2D eigenvalue weighted by Gasteiger charge is 2.13. The lowest BCUT2D eigenvalue weighted by Crippen LogP contribution is -1.97. The van der Waals surface area contributed by atoms with Gasteiger partial charge in [-0.2, -0.15) is 5.10 Å². The minimum absolute atomic E-state index is 0.692. The van der Waals surface area contributed by atoms with Crippen LogP contribution in [0.3, 0.4) is 0 Å². The van der Waals surface area contributed by atoms with E-state index in [0.717, 1.165) is 30.2 Å². The number of aromatic nitrogens is 4. The van der Waals surface area contributed by atoms with E-state index in [1.54, 1.807) is 22.2 Å². The third-order valence-corrected chi connectivity index (χ3v) is 6.10. The molecule has 0 aliphatic rings. The Kier molecular flexibility index (Phi) is 4.10. The van der Waals surface area contributed by atoms with Crippen molar-refractivity contribution in [1.82, 2.24) is 19.7 Å². The van der Waals surface area contributed by atoms with Crippen molar-refractivity contribution in [3.05, 3.63) is 32.8 Å². The molecule has 1 N–H and O–H groups in total. The number of hydrogen-bond donors (Lipinski definition) is 1. The summed E-state index contributed by atoms with van der Waals surface area (Å²) in [6, 6.07) is 3.93. The van der Waals surface area contributed by atoms with E-state index >= 15 is 0 Å². The summed E-state index contributed by atoms with van der Waals surface area (Å²) in [5.74, 6) is 1.47. The Morgan fingerprint density at radius 1 is 1.24 bits per heavy atom. The molecule has 21 heavy (non-hydrogen) atoms. The molecular formula is C13H11Br2N5S. The van der Waals surface area contributed by atoms with E-state index in [2.05, 4.69) is 52.2 Å². The van der Waals surface area contributed by atoms with Crippen LogP contribution in [0.5, 0.6) is 0 Å². The van der Waals surface area contributed by atoms with Crippen LogP contribution in [0.15, 0.2) is 32.8 Å². The zero-order valence-corrected chi connectivity index (χ0v) is 15.3. The van der Waals surface area contributed by atoms with Gasteiger partial charge in [-0.25, -0.2) is 9.97 Å². The van der Waals surface area contributed by atoms with Crippen LogP contribution in [0.1, 0.15) is 0 Å². The molecule has 0 aromatic carbocycles. The van der Waals surface area contributed by atoms with Gasteiger partial charge in [-0.15, -0.1) is 11.3 Å². The molecule has 0 saturated carbocycles. The number of nitrogens with zero attached hydrogens (tertiary/aromatic N) is 4. The molecule has 0 atom stereocenters. The van der Waals surface area contributed by atoms with Gasteiger partial charge in [0.25, 0.3) is 0 Å². The predicted molar refractivity (Wildman–Crippen MR) is 92.5 cm³/mol. The van der Waals surface area contributed by atoms with Gasteiger partial charge in [-0.05, 0) is 37.9 Å². The van der Waals surface area contributed by atoms with Crippen molar-refractivity contribution in [2.75, 3.05) is 12.4 Å². The molecule has 0 unspecified atom stereocenters. The van der Waals surface area contributed by atoms with Crippen LogP contribution in [-0.2, 0) is 7.05 Å². The molecule has 0 aliphatic heterocycles. The Bertz CT molecular complexity index is 776. The van der Waals surface area contributed by atoms with Gasteiger partial charge in [0, 0.05) is 36.4 Å². The molecule has 0 radical (unpaired) electrons. The third-order valence-electron chi connectivity index (χ3n) is 2.85. The Labute approximate surface area is 142 Å². The van der Waals surface area contributed by atoms with E-state index in [1.807, 2.05) is 32.4 Å². The fourth-order valence-electron chi connectivity index (χ4n) is 1.84. The molecule has 0 aliphatic carbocycles. The number of nitrogens with one attached hydrogen (secondary N) is 1. The Morgan fingerprint density at radius 2 is 2.05 bits per heavy atom. The lowest BCUT2D eigenvalue weighted by atomic mass is 10.2. The summed E-state index contributed by atoms with van der Waals surface area (Å²) >= 11 is 8.59. The largest absolute Gasteiger partial charge is 0.373 e. The van der Waals surface area contributed by atoms with Crippen LogP contribution in [0.25, 0.3) is 22.0 Å². The second-order valence-electron chi connectivity index (χ2n) is 4.35. The maximum Gasteiger partial charge on any atom is 0.172 e. The van der Waals surface area contributed by atoms with Gasteiger partial charge in [0.15, 0.2) is 5.82 Å². The van der Waals surface area contributed by atoms with Crippen LogP contribution in [0, 0.1) is 0 Å². The number of aryl methyl sites for hydroxylation is 1. The summed E-state index contributed by atoms with van der Waals surface area (Å²) < 4.78 is 3.79. The third kappa shape index (κ3) is 3.02. The first kappa shape index (κ1) is 14.7. The summed E-state index contributed by atoms with van der Waals surface area (Å²) in [5, 5.41) is 7.27. The van der Waals surface area contributed by atoms with Gasteiger partial charge in [0.1, 0.15) is 5.82 Å². The molecule has 0 spiro atoms. The SMILES string of the molecule is CNc1cc(-c2cnn(C)c2)nc(-c2cc(Br)c(Br)s2)n1. The second kappa shape index (κ2) is 5.86. The average molecular weight is 429 g/mol. The molecule has 0 amide bonds. The quantitative estimate of drug-likeness (QED) is 0.679. The number of thiophene rings is 1. The van der Waals surface area contributed by atoms with E-state index in [1.165, 1.54) is 0 Å². The molecule has 3 aromatic heterocycles. The van der Waals surface area contributed by atoms with E-state index in [9.17, 15) is 0 Å². The summed E-state index contributed by atoms with van der Waals surface area (Å²) in [6.07, 6.45) is 3.73. The minimum Gasteiger partial charge on any atom is -0.373 e. The monoisotopic (exact) mass is 427 g/mol. The van der Waals surface area contributed by atoms with Gasteiger partial charge >= 0.3 is 0 Å². The molecule has 0 bridgehead atoms. The van der Waals surface area contributed by atoms with Crippen LogP contribution in [-0.4, -0.2) is 26.8 Å². The van der Waals surface area contributed by atoms with Gasteiger partial charge in [-0.1, -0.05) is 0 Å². The van der Waals surface area contributed by atoms with E-state index in [4.69, 9.17) is 0 Å². The summed E-state index contributed by atoms with van der Waals surface area (Å²) in [6.45, 7) is 0. The van der Waals surface area contributed by atoms with Gasteiger partial charge in [0.05, 0.1) is 20.6 Å². The highest BCUT2D eigenvalue weighted by molar-refractivity contribution is 9.13. The smallest absolute Gasteiger partial charge is 0.172 e. The van der Waals surface area contributed by atoms with Crippen molar-refractivity contribution in [3.8, 4) is 22.0 Å². The van der Waals surface area contributed by atoms with E-state index in [-0.39, 0.29) is 0 Å². The first-order valence-electron chi connectivity index (χ1n) is 6.08. The first-order valence-corrected chi connectivity index (χ1v) is 8.48. The number of rotatable bonds is 3. The molecule has 3 rings (SSSR count). The van der Waals surface area contributed by atoms with Crippen LogP contribution < -0.4 is 5.32 Å². The normalized spacial score (nSPS) is 10.9. The predicted octanol–water partition coefficient (Wildman–Crippen LogP) is 4.17. The molecule has 108 valence electrons. The number of halogens is 2. The first-order chi connectivity index (χ1) is 10.1. The number of hydrogen-bond acceptors (Lipinski definition) is 5. The van der Waals surface area contributed by atoms with E-state index in [0.29, 0.717) is 5.82 Å². The lowest BCUT2D eigenvalue weighted by Gasteiger charge is -2.05. The van der Waals surface area contributed by atoms with Crippen LogP contribution in [0.4, 0.5) is 5.82 Å². The Balaban J connectivity index is 2.13. The van der Waals surface area contributed by atoms with Crippen molar-refractivity contribution in [3.63, 3.8) is 0 Å². The summed E-state index contributed by atoms with van der Waals surface area (Å²) in [7, 11) is 3.73. The maximum absolute atomic E-state index is 4.65. The van der Waals surface area contributed by atoms with Crippen molar-refractivity contribution in [2.45, 2.75) is 0 Å². The highest BCUT2D eigenvalue weighted by atomic mass is 79.9. The fraction of sp³-hybridized carbons (Fsp3) is 0.154. The molecule has 3 heterocycles. The van der Waals surface area contributed by atoms with Crippen molar-refractivity contribution in [2.24, 2.45) is 7.05 Å². The molecule has 5 nitrogen and oxygen atoms in total. The zero-order chi connectivity index (χ0) is 15.0.